The number of nitro groups is 1. The zero-order chi connectivity index (χ0) is 24.4. The minimum atomic E-state index is -0.574. The van der Waals surface area contributed by atoms with Crippen LogP contribution in [0.3, 0.4) is 0 Å². The van der Waals surface area contributed by atoms with Crippen molar-refractivity contribution in [2.45, 2.75) is 39.2 Å². The van der Waals surface area contributed by atoms with E-state index in [-0.39, 0.29) is 22.7 Å². The average Bonchev–Trinajstić information content (AvgIpc) is 3.20. The van der Waals surface area contributed by atoms with Gasteiger partial charge in [-0.2, -0.15) is 0 Å². The molecule has 0 aliphatic carbocycles. The number of carbonyl (C=O) groups excluding carboxylic acids is 3. The SMILES string of the molecule is COC(=O)c1c(NC(=O)c2ccc(N3CCCCC3)c([N+](=O)[O-])c2)sc2c1CCN(C(C)=O)C2. The lowest BCUT2D eigenvalue weighted by molar-refractivity contribution is -0.384. The van der Waals surface area contributed by atoms with E-state index in [0.29, 0.717) is 30.2 Å². The minimum absolute atomic E-state index is 0.0645. The Hall–Kier alpha value is -3.47. The first kappa shape index (κ1) is 23.7. The Labute approximate surface area is 200 Å². The van der Waals surface area contributed by atoms with Crippen molar-refractivity contribution in [2.24, 2.45) is 0 Å². The van der Waals surface area contributed by atoms with E-state index in [9.17, 15) is 24.5 Å². The van der Waals surface area contributed by atoms with Crippen molar-refractivity contribution in [1.29, 1.82) is 0 Å². The molecule has 0 spiro atoms. The van der Waals surface area contributed by atoms with Gasteiger partial charge >= 0.3 is 5.97 Å². The van der Waals surface area contributed by atoms with Crippen LogP contribution in [0.4, 0.5) is 16.4 Å². The van der Waals surface area contributed by atoms with Crippen LogP contribution in [0.15, 0.2) is 18.2 Å². The summed E-state index contributed by atoms with van der Waals surface area (Å²) in [6, 6.07) is 4.46. The number of methoxy groups -OCH3 is 1. The van der Waals surface area contributed by atoms with Crippen LogP contribution in [-0.4, -0.2) is 54.4 Å². The van der Waals surface area contributed by atoms with Crippen molar-refractivity contribution in [3.05, 3.63) is 49.9 Å². The van der Waals surface area contributed by atoms with Gasteiger partial charge in [-0.3, -0.25) is 19.7 Å². The number of benzene rings is 1. The second kappa shape index (κ2) is 9.80. The van der Waals surface area contributed by atoms with E-state index >= 15 is 0 Å². The highest BCUT2D eigenvalue weighted by molar-refractivity contribution is 7.17. The number of carbonyl (C=O) groups is 3. The molecule has 0 bridgehead atoms. The number of nitrogens with zero attached hydrogens (tertiary/aromatic N) is 3. The van der Waals surface area contributed by atoms with Crippen LogP contribution < -0.4 is 10.2 Å². The van der Waals surface area contributed by atoms with E-state index in [1.54, 1.807) is 17.0 Å². The topological polar surface area (TPSA) is 122 Å². The number of anilines is 2. The smallest absolute Gasteiger partial charge is 0.341 e. The molecule has 1 N–H and O–H groups in total. The Kier molecular flexibility index (Phi) is 6.82. The van der Waals surface area contributed by atoms with Gasteiger partial charge in [-0.15, -0.1) is 11.3 Å². The molecule has 0 atom stereocenters. The van der Waals surface area contributed by atoms with Crippen LogP contribution in [0.2, 0.25) is 0 Å². The predicted molar refractivity (Wildman–Crippen MR) is 128 cm³/mol. The van der Waals surface area contributed by atoms with Crippen molar-refractivity contribution in [2.75, 3.05) is 37.0 Å². The maximum atomic E-state index is 13.1. The van der Waals surface area contributed by atoms with Crippen LogP contribution in [0.5, 0.6) is 0 Å². The molecule has 0 unspecified atom stereocenters. The number of hydrogen-bond acceptors (Lipinski definition) is 8. The van der Waals surface area contributed by atoms with Crippen LogP contribution in [-0.2, 0) is 22.5 Å². The Balaban J connectivity index is 1.63. The third-order valence-corrected chi connectivity index (χ3v) is 7.38. The van der Waals surface area contributed by atoms with Gasteiger partial charge in [-0.25, -0.2) is 4.79 Å². The standard InChI is InChI=1S/C23H26N4O6S/c1-14(28)26-11-8-16-19(13-26)34-22(20(16)23(30)33-2)24-21(29)15-6-7-17(18(12-15)27(31)32)25-9-4-3-5-10-25/h6-7,12H,3-5,8-11,13H2,1-2H3,(H,24,29). The summed E-state index contributed by atoms with van der Waals surface area (Å²) >= 11 is 1.22. The van der Waals surface area contributed by atoms with E-state index in [4.69, 9.17) is 4.74 Å². The molecule has 2 aliphatic heterocycles. The number of thiophene rings is 1. The fourth-order valence-electron chi connectivity index (χ4n) is 4.47. The normalized spacial score (nSPS) is 15.5. The Morgan fingerprint density at radius 3 is 2.53 bits per heavy atom. The molecular formula is C23H26N4O6S. The van der Waals surface area contributed by atoms with E-state index in [1.807, 2.05) is 4.90 Å². The van der Waals surface area contributed by atoms with Crippen molar-refractivity contribution in [3.63, 3.8) is 0 Å². The van der Waals surface area contributed by atoms with Crippen LogP contribution in [0.1, 0.15) is 57.3 Å². The number of esters is 1. The molecule has 3 heterocycles. The Bertz CT molecular complexity index is 1150. The Morgan fingerprint density at radius 1 is 1.15 bits per heavy atom. The van der Waals surface area contributed by atoms with Gasteiger partial charge in [0.1, 0.15) is 10.7 Å². The summed E-state index contributed by atoms with van der Waals surface area (Å²) in [6.07, 6.45) is 3.52. The average molecular weight is 487 g/mol. The summed E-state index contributed by atoms with van der Waals surface area (Å²) in [7, 11) is 1.27. The van der Waals surface area contributed by atoms with Crippen LogP contribution >= 0.6 is 11.3 Å². The van der Waals surface area contributed by atoms with E-state index in [0.717, 1.165) is 42.8 Å². The van der Waals surface area contributed by atoms with Gasteiger partial charge < -0.3 is 19.9 Å². The largest absolute Gasteiger partial charge is 0.465 e. The molecule has 2 aliphatic rings. The van der Waals surface area contributed by atoms with Crippen molar-refractivity contribution < 1.29 is 24.0 Å². The number of nitrogens with one attached hydrogen (secondary N) is 1. The lowest BCUT2D eigenvalue weighted by Gasteiger charge is -2.28. The quantitative estimate of drug-likeness (QED) is 0.389. The molecular weight excluding hydrogens is 460 g/mol. The lowest BCUT2D eigenvalue weighted by atomic mass is 10.0. The molecule has 34 heavy (non-hydrogen) atoms. The van der Waals surface area contributed by atoms with Crippen LogP contribution in [0, 0.1) is 10.1 Å². The van der Waals surface area contributed by atoms with Gasteiger partial charge in [0, 0.05) is 43.1 Å². The number of fused-ring (bicyclic) bond motifs is 1. The first-order valence-corrected chi connectivity index (χ1v) is 11.9. The van der Waals surface area contributed by atoms with Crippen molar-refractivity contribution in [3.8, 4) is 0 Å². The summed E-state index contributed by atoms with van der Waals surface area (Å²) in [5.41, 5.74) is 1.55. The summed E-state index contributed by atoms with van der Waals surface area (Å²) in [4.78, 5) is 53.1. The van der Waals surface area contributed by atoms with E-state index in [1.165, 1.54) is 31.4 Å². The summed E-state index contributed by atoms with van der Waals surface area (Å²) < 4.78 is 4.94. The minimum Gasteiger partial charge on any atom is -0.465 e. The molecule has 4 rings (SSSR count). The first-order chi connectivity index (χ1) is 16.3. The summed E-state index contributed by atoms with van der Waals surface area (Å²) in [5, 5.41) is 14.8. The third-order valence-electron chi connectivity index (χ3n) is 6.25. The fraction of sp³-hybridized carbons (Fsp3) is 0.435. The van der Waals surface area contributed by atoms with Gasteiger partial charge in [0.15, 0.2) is 0 Å². The molecule has 2 amide bonds. The second-order valence-electron chi connectivity index (χ2n) is 8.35. The highest BCUT2D eigenvalue weighted by atomic mass is 32.1. The zero-order valence-electron chi connectivity index (χ0n) is 19.1. The third kappa shape index (κ3) is 4.60. The number of nitro benzene ring substituents is 1. The highest BCUT2D eigenvalue weighted by Crippen LogP contribution is 2.38. The number of rotatable bonds is 5. The van der Waals surface area contributed by atoms with Gasteiger partial charge in [0.2, 0.25) is 5.91 Å². The van der Waals surface area contributed by atoms with E-state index < -0.39 is 16.8 Å². The van der Waals surface area contributed by atoms with Gasteiger partial charge in [-0.05, 0) is 43.4 Å². The zero-order valence-corrected chi connectivity index (χ0v) is 19.9. The molecule has 0 radical (unpaired) electrons. The molecule has 10 nitrogen and oxygen atoms in total. The van der Waals surface area contributed by atoms with E-state index in [2.05, 4.69) is 5.32 Å². The molecule has 2 aromatic rings. The fourth-order valence-corrected chi connectivity index (χ4v) is 5.71. The van der Waals surface area contributed by atoms with Crippen molar-refractivity contribution in [1.82, 2.24) is 4.90 Å². The molecule has 1 aromatic carbocycles. The van der Waals surface area contributed by atoms with Gasteiger partial charge in [-0.1, -0.05) is 0 Å². The predicted octanol–water partition coefficient (Wildman–Crippen LogP) is 3.59. The van der Waals surface area contributed by atoms with Gasteiger partial charge in [0.25, 0.3) is 11.6 Å². The number of piperidine rings is 1. The molecule has 180 valence electrons. The maximum Gasteiger partial charge on any atom is 0.341 e. The number of hydrogen-bond donors (Lipinski definition) is 1. The van der Waals surface area contributed by atoms with Crippen LogP contribution in [0.25, 0.3) is 0 Å². The molecule has 1 saturated heterocycles. The second-order valence-corrected chi connectivity index (χ2v) is 9.46. The monoisotopic (exact) mass is 486 g/mol. The first-order valence-electron chi connectivity index (χ1n) is 11.1. The van der Waals surface area contributed by atoms with Crippen molar-refractivity contribution >= 4 is 45.5 Å². The van der Waals surface area contributed by atoms with Gasteiger partial charge in [0.05, 0.1) is 24.1 Å². The summed E-state index contributed by atoms with van der Waals surface area (Å²) in [5.74, 6) is -1.19. The summed E-state index contributed by atoms with van der Waals surface area (Å²) in [6.45, 7) is 3.80. The number of ether oxygens (including phenoxy) is 1. The maximum absolute atomic E-state index is 13.1. The lowest BCUT2D eigenvalue weighted by Crippen LogP contribution is -2.33. The number of amides is 2. The molecule has 11 heteroatoms. The molecule has 1 fully saturated rings. The highest BCUT2D eigenvalue weighted by Gasteiger charge is 2.31. The Morgan fingerprint density at radius 2 is 1.88 bits per heavy atom. The molecule has 0 saturated carbocycles. The molecule has 1 aromatic heterocycles.